The monoisotopic (exact) mass is 459 g/mol. The third-order valence-electron chi connectivity index (χ3n) is 7.78. The van der Waals surface area contributed by atoms with Crippen LogP contribution < -0.4 is 5.32 Å². The van der Waals surface area contributed by atoms with Gasteiger partial charge < -0.3 is 19.4 Å². The number of benzene rings is 2. The molecule has 6 nitrogen and oxygen atoms in total. The summed E-state index contributed by atoms with van der Waals surface area (Å²) in [7, 11) is 1.86. The van der Waals surface area contributed by atoms with E-state index in [9.17, 15) is 4.79 Å². The van der Waals surface area contributed by atoms with E-state index < -0.39 is 5.82 Å². The minimum Gasteiger partial charge on any atom is -0.379 e. The van der Waals surface area contributed by atoms with Crippen molar-refractivity contribution in [3.8, 4) is 11.5 Å². The highest BCUT2D eigenvalue weighted by atomic mass is 19.1. The van der Waals surface area contributed by atoms with Gasteiger partial charge in [-0.3, -0.25) is 4.79 Å². The Hall–Kier alpha value is -3.35. The maximum absolute atomic E-state index is 15.4. The zero-order valence-corrected chi connectivity index (χ0v) is 20.1. The lowest BCUT2D eigenvalue weighted by molar-refractivity contribution is 0.0747. The van der Waals surface area contributed by atoms with Gasteiger partial charge in [0.25, 0.3) is 5.91 Å². The Morgan fingerprint density at radius 1 is 1.21 bits per heavy atom. The fourth-order valence-electron chi connectivity index (χ4n) is 6.07. The molecule has 4 aromatic rings. The molecule has 0 saturated carbocycles. The van der Waals surface area contributed by atoms with E-state index in [0.29, 0.717) is 22.4 Å². The number of rotatable bonds is 3. The number of likely N-dealkylation sites (tertiary alicyclic amines) is 1. The second kappa shape index (κ2) is 7.58. The average molecular weight is 460 g/mol. The van der Waals surface area contributed by atoms with Gasteiger partial charge in [0.15, 0.2) is 5.82 Å². The molecular weight excluding hydrogens is 429 g/mol. The fraction of sp³-hybridized carbons (Fsp3) is 0.407. The van der Waals surface area contributed by atoms with Gasteiger partial charge in [0.1, 0.15) is 11.3 Å². The van der Waals surface area contributed by atoms with E-state index in [1.165, 1.54) is 6.07 Å². The van der Waals surface area contributed by atoms with Gasteiger partial charge in [0.05, 0.1) is 28.5 Å². The van der Waals surface area contributed by atoms with Crippen molar-refractivity contribution in [2.45, 2.75) is 58.2 Å². The largest absolute Gasteiger partial charge is 0.379 e. The summed E-state index contributed by atoms with van der Waals surface area (Å²) >= 11 is 0. The second-order valence-corrected chi connectivity index (χ2v) is 9.86. The number of carbonyl (C=O) groups excluding carboxylic acids is 1. The average Bonchev–Trinajstić information content (AvgIpc) is 3.50. The first-order valence-corrected chi connectivity index (χ1v) is 12.3. The van der Waals surface area contributed by atoms with Crippen molar-refractivity contribution >= 4 is 33.5 Å². The molecule has 2 aliphatic rings. The molecule has 1 amide bonds. The molecule has 0 bridgehead atoms. The van der Waals surface area contributed by atoms with Gasteiger partial charge in [-0.2, -0.15) is 0 Å². The molecule has 34 heavy (non-hydrogen) atoms. The number of para-hydroxylation sites is 1. The van der Waals surface area contributed by atoms with Crippen LogP contribution in [-0.4, -0.2) is 43.6 Å². The molecule has 7 heteroatoms. The van der Waals surface area contributed by atoms with E-state index in [1.807, 2.05) is 16.5 Å². The van der Waals surface area contributed by atoms with Gasteiger partial charge in [-0.15, -0.1) is 0 Å². The molecule has 4 heterocycles. The molecule has 1 saturated heterocycles. The molecule has 1 fully saturated rings. The molecule has 3 atom stereocenters. The van der Waals surface area contributed by atoms with Crippen molar-refractivity contribution in [2.75, 3.05) is 11.9 Å². The van der Waals surface area contributed by atoms with E-state index in [1.54, 1.807) is 6.07 Å². The topological polar surface area (TPSA) is 55.1 Å². The summed E-state index contributed by atoms with van der Waals surface area (Å²) in [5.74, 6) is 0.186. The van der Waals surface area contributed by atoms with Crippen LogP contribution in [0.1, 0.15) is 56.4 Å². The number of hydrogen-bond donors (Lipinski definition) is 1. The van der Waals surface area contributed by atoms with Gasteiger partial charge in [0.2, 0.25) is 0 Å². The Balaban J connectivity index is 1.54. The highest BCUT2D eigenvalue weighted by molar-refractivity contribution is 5.99. The Morgan fingerprint density at radius 2 is 2.03 bits per heavy atom. The minimum atomic E-state index is -0.411. The fourth-order valence-corrected chi connectivity index (χ4v) is 6.07. The molecular formula is C27H30FN5O. The number of fused-ring (bicyclic) bond motifs is 1. The zero-order chi connectivity index (χ0) is 23.7. The van der Waals surface area contributed by atoms with Crippen molar-refractivity contribution < 1.29 is 9.18 Å². The Morgan fingerprint density at radius 3 is 2.76 bits per heavy atom. The van der Waals surface area contributed by atoms with Crippen LogP contribution in [0.2, 0.25) is 0 Å². The number of anilines is 1. The lowest BCUT2D eigenvalue weighted by Gasteiger charge is -2.34. The van der Waals surface area contributed by atoms with Gasteiger partial charge in [-0.25, -0.2) is 9.37 Å². The first kappa shape index (κ1) is 21.2. The Bertz CT molecular complexity index is 1450. The summed E-state index contributed by atoms with van der Waals surface area (Å²) in [5, 5.41) is 4.78. The number of nitrogens with zero attached hydrogens (tertiary/aromatic N) is 4. The standard InChI is InChI=1S/C27H30FN5O/c1-5-22-16(3)29-20-10-6-9-17-14-23(33(22)24(17)20)26-30-21-13-18(12-19(28)25(21)31(26)4)27(34)32-11-7-8-15(32)2/h6,9-10,12-16,22,29H,5,7-8,11H2,1-4H3/t15-,16?,22-/m1/s1. The number of hydrogen-bond acceptors (Lipinski definition) is 3. The van der Waals surface area contributed by atoms with E-state index in [-0.39, 0.29) is 24.0 Å². The predicted octanol–water partition coefficient (Wildman–Crippen LogP) is 5.72. The van der Waals surface area contributed by atoms with Crippen LogP contribution >= 0.6 is 0 Å². The molecule has 2 aromatic heterocycles. The minimum absolute atomic E-state index is 0.114. The van der Waals surface area contributed by atoms with Crippen molar-refractivity contribution in [3.63, 3.8) is 0 Å². The quantitative estimate of drug-likeness (QED) is 0.426. The van der Waals surface area contributed by atoms with E-state index in [4.69, 9.17) is 4.98 Å². The van der Waals surface area contributed by atoms with Crippen LogP contribution in [0.3, 0.4) is 0 Å². The van der Waals surface area contributed by atoms with Crippen molar-refractivity contribution in [3.05, 3.63) is 47.8 Å². The third-order valence-corrected chi connectivity index (χ3v) is 7.78. The lowest BCUT2D eigenvalue weighted by atomic mass is 10.0. The number of halogens is 1. The van der Waals surface area contributed by atoms with Crippen LogP contribution in [0.15, 0.2) is 36.4 Å². The van der Waals surface area contributed by atoms with Crippen LogP contribution in [0.25, 0.3) is 33.5 Å². The molecule has 6 rings (SSSR count). The van der Waals surface area contributed by atoms with Crippen molar-refractivity contribution in [2.24, 2.45) is 7.05 Å². The van der Waals surface area contributed by atoms with Gasteiger partial charge in [0, 0.05) is 36.6 Å². The smallest absolute Gasteiger partial charge is 0.254 e. The number of amides is 1. The normalized spacial score (nSPS) is 22.0. The zero-order valence-electron chi connectivity index (χ0n) is 20.1. The highest BCUT2D eigenvalue weighted by Gasteiger charge is 2.31. The molecule has 1 unspecified atom stereocenters. The van der Waals surface area contributed by atoms with Gasteiger partial charge >= 0.3 is 0 Å². The second-order valence-electron chi connectivity index (χ2n) is 9.86. The lowest BCUT2D eigenvalue weighted by Crippen LogP contribution is -2.33. The van der Waals surface area contributed by atoms with Crippen LogP contribution in [0, 0.1) is 5.82 Å². The van der Waals surface area contributed by atoms with Crippen LogP contribution in [0.4, 0.5) is 10.1 Å². The molecule has 0 aliphatic carbocycles. The molecule has 0 radical (unpaired) electrons. The summed E-state index contributed by atoms with van der Waals surface area (Å²) in [6.45, 7) is 7.17. The molecule has 2 aliphatic heterocycles. The maximum Gasteiger partial charge on any atom is 0.254 e. The maximum atomic E-state index is 15.4. The molecule has 1 N–H and O–H groups in total. The van der Waals surface area contributed by atoms with E-state index in [0.717, 1.165) is 48.1 Å². The summed E-state index contributed by atoms with van der Waals surface area (Å²) in [4.78, 5) is 19.8. The molecule has 0 spiro atoms. The van der Waals surface area contributed by atoms with E-state index >= 15 is 4.39 Å². The Kier molecular flexibility index (Phi) is 4.73. The molecule has 2 aromatic carbocycles. The summed E-state index contributed by atoms with van der Waals surface area (Å²) < 4.78 is 19.6. The summed E-state index contributed by atoms with van der Waals surface area (Å²) in [5.41, 5.74) is 4.56. The van der Waals surface area contributed by atoms with Crippen LogP contribution in [-0.2, 0) is 7.05 Å². The van der Waals surface area contributed by atoms with Gasteiger partial charge in [-0.1, -0.05) is 19.1 Å². The number of aryl methyl sites for hydroxylation is 1. The first-order valence-electron chi connectivity index (χ1n) is 12.3. The third kappa shape index (κ3) is 2.92. The number of nitrogens with one attached hydrogen (secondary N) is 1. The summed E-state index contributed by atoms with van der Waals surface area (Å²) in [6.07, 6.45) is 2.94. The number of imidazole rings is 1. The van der Waals surface area contributed by atoms with Crippen molar-refractivity contribution in [1.82, 2.24) is 19.0 Å². The SMILES string of the molecule is CC[C@@H]1C(C)Nc2cccc3cc(-c4nc5cc(C(=O)N6CCC[C@H]6C)cc(F)c5n4C)n1c23. The number of carbonyl (C=O) groups is 1. The highest BCUT2D eigenvalue weighted by Crippen LogP contribution is 2.41. The van der Waals surface area contributed by atoms with Crippen LogP contribution in [0.5, 0.6) is 0 Å². The number of aromatic nitrogens is 3. The van der Waals surface area contributed by atoms with Gasteiger partial charge in [-0.05, 0) is 57.4 Å². The van der Waals surface area contributed by atoms with E-state index in [2.05, 4.69) is 54.9 Å². The first-order chi connectivity index (χ1) is 16.4. The predicted molar refractivity (Wildman–Crippen MR) is 134 cm³/mol. The van der Waals surface area contributed by atoms with Crippen molar-refractivity contribution in [1.29, 1.82) is 0 Å². The Labute approximate surface area is 198 Å². The molecule has 176 valence electrons. The summed E-state index contributed by atoms with van der Waals surface area (Å²) in [6, 6.07) is 12.2.